The molecule has 1 amide bonds. The Labute approximate surface area is 108 Å². The van der Waals surface area contributed by atoms with E-state index >= 15 is 0 Å². The first-order chi connectivity index (χ1) is 8.38. The third-order valence-corrected chi connectivity index (χ3v) is 4.80. The third kappa shape index (κ3) is 3.03. The van der Waals surface area contributed by atoms with E-state index in [1.54, 1.807) is 4.90 Å². The van der Waals surface area contributed by atoms with E-state index in [9.17, 15) is 18.3 Å². The number of aliphatic hydroxyl groups is 1. The van der Waals surface area contributed by atoms with E-state index in [-0.39, 0.29) is 24.0 Å². The Kier molecular flexibility index (Phi) is 3.96. The highest BCUT2D eigenvalue weighted by Crippen LogP contribution is 2.35. The van der Waals surface area contributed by atoms with Crippen LogP contribution in [0.2, 0.25) is 0 Å². The maximum absolute atomic E-state index is 12.0. The van der Waals surface area contributed by atoms with Crippen LogP contribution in [-0.4, -0.2) is 55.0 Å². The Balaban J connectivity index is 2.05. The van der Waals surface area contributed by atoms with E-state index < -0.39 is 15.6 Å². The average molecular weight is 275 g/mol. The Bertz CT molecular complexity index is 420. The SMILES string of the molecule is CS(=O)(=O)CC(=O)N1CCCC1C1CCCC1O. The fourth-order valence-electron chi connectivity index (χ4n) is 3.27. The first-order valence-corrected chi connectivity index (χ1v) is 8.60. The quantitative estimate of drug-likeness (QED) is 0.797. The van der Waals surface area contributed by atoms with E-state index in [1.165, 1.54) is 0 Å². The summed E-state index contributed by atoms with van der Waals surface area (Å²) in [5.74, 6) is -0.582. The second-order valence-corrected chi connectivity index (χ2v) is 7.67. The Morgan fingerprint density at radius 2 is 2.00 bits per heavy atom. The summed E-state index contributed by atoms with van der Waals surface area (Å²) < 4.78 is 22.4. The number of carbonyl (C=O) groups excluding carboxylic acids is 1. The number of sulfone groups is 1. The first-order valence-electron chi connectivity index (χ1n) is 6.54. The molecule has 0 aromatic carbocycles. The zero-order chi connectivity index (χ0) is 13.3. The summed E-state index contributed by atoms with van der Waals surface area (Å²) in [4.78, 5) is 13.7. The Hall–Kier alpha value is -0.620. The van der Waals surface area contributed by atoms with Gasteiger partial charge in [0.2, 0.25) is 5.91 Å². The Morgan fingerprint density at radius 3 is 2.56 bits per heavy atom. The molecule has 1 aliphatic heterocycles. The highest BCUT2D eigenvalue weighted by Gasteiger charge is 2.40. The molecular formula is C12H21NO4S. The second-order valence-electron chi connectivity index (χ2n) is 5.53. The lowest BCUT2D eigenvalue weighted by molar-refractivity contribution is -0.130. The standard InChI is InChI=1S/C12H21NO4S/c1-18(16,17)8-12(15)13-7-3-5-10(13)9-4-2-6-11(9)14/h9-11,14H,2-8H2,1H3. The number of hydrogen-bond donors (Lipinski definition) is 1. The van der Waals surface area contributed by atoms with Gasteiger partial charge in [0, 0.05) is 24.8 Å². The van der Waals surface area contributed by atoms with E-state index in [1.807, 2.05) is 0 Å². The maximum atomic E-state index is 12.0. The molecule has 2 aliphatic rings. The van der Waals surface area contributed by atoms with E-state index in [2.05, 4.69) is 0 Å². The topological polar surface area (TPSA) is 74.7 Å². The number of likely N-dealkylation sites (tertiary alicyclic amines) is 1. The van der Waals surface area contributed by atoms with Gasteiger partial charge in [0.25, 0.3) is 0 Å². The molecule has 104 valence electrons. The highest BCUT2D eigenvalue weighted by molar-refractivity contribution is 7.91. The summed E-state index contributed by atoms with van der Waals surface area (Å²) in [5.41, 5.74) is 0. The molecule has 6 heteroatoms. The molecule has 2 fully saturated rings. The molecule has 2 rings (SSSR count). The van der Waals surface area contributed by atoms with Crippen LogP contribution in [0.15, 0.2) is 0 Å². The summed E-state index contributed by atoms with van der Waals surface area (Å²) in [6.45, 7) is 0.627. The number of hydrogen-bond acceptors (Lipinski definition) is 4. The van der Waals surface area contributed by atoms with Crippen LogP contribution in [0.4, 0.5) is 0 Å². The fraction of sp³-hybridized carbons (Fsp3) is 0.917. The molecule has 0 radical (unpaired) electrons. The molecule has 1 saturated heterocycles. The highest BCUT2D eigenvalue weighted by atomic mass is 32.2. The summed E-state index contributed by atoms with van der Waals surface area (Å²) in [5, 5.41) is 9.93. The monoisotopic (exact) mass is 275 g/mol. The molecule has 1 saturated carbocycles. The molecule has 0 aromatic heterocycles. The van der Waals surface area contributed by atoms with E-state index in [0.717, 1.165) is 38.4 Å². The lowest BCUT2D eigenvalue weighted by Gasteiger charge is -2.31. The van der Waals surface area contributed by atoms with Gasteiger partial charge < -0.3 is 10.0 Å². The maximum Gasteiger partial charge on any atom is 0.238 e. The molecule has 3 atom stereocenters. The molecule has 1 N–H and O–H groups in total. The normalized spacial score (nSPS) is 33.0. The van der Waals surface area contributed by atoms with Crippen molar-refractivity contribution in [2.45, 2.75) is 44.2 Å². The molecule has 0 aromatic rings. The Morgan fingerprint density at radius 1 is 1.28 bits per heavy atom. The molecule has 3 unspecified atom stereocenters. The van der Waals surface area contributed by atoms with E-state index in [4.69, 9.17) is 0 Å². The number of rotatable bonds is 3. The molecule has 0 spiro atoms. The molecule has 18 heavy (non-hydrogen) atoms. The van der Waals surface area contributed by atoms with Crippen molar-refractivity contribution in [1.29, 1.82) is 0 Å². The van der Waals surface area contributed by atoms with Crippen LogP contribution >= 0.6 is 0 Å². The van der Waals surface area contributed by atoms with Crippen LogP contribution < -0.4 is 0 Å². The largest absolute Gasteiger partial charge is 0.393 e. The van der Waals surface area contributed by atoms with Gasteiger partial charge in [-0.25, -0.2) is 8.42 Å². The molecule has 5 nitrogen and oxygen atoms in total. The third-order valence-electron chi connectivity index (χ3n) is 4.03. The van der Waals surface area contributed by atoms with Crippen molar-refractivity contribution >= 4 is 15.7 Å². The second kappa shape index (κ2) is 5.17. The number of carbonyl (C=O) groups is 1. The van der Waals surface area contributed by atoms with Crippen LogP contribution in [0, 0.1) is 5.92 Å². The summed E-state index contributed by atoms with van der Waals surface area (Å²) in [6.07, 6.45) is 5.28. The predicted octanol–water partition coefficient (Wildman–Crippen LogP) is 0.183. The van der Waals surface area contributed by atoms with Crippen molar-refractivity contribution < 1.29 is 18.3 Å². The van der Waals surface area contributed by atoms with Gasteiger partial charge in [0.1, 0.15) is 5.75 Å². The summed E-state index contributed by atoms with van der Waals surface area (Å²) >= 11 is 0. The average Bonchev–Trinajstić information content (AvgIpc) is 2.82. The van der Waals surface area contributed by atoms with Crippen LogP contribution in [0.3, 0.4) is 0 Å². The van der Waals surface area contributed by atoms with Crippen LogP contribution in [0.25, 0.3) is 0 Å². The van der Waals surface area contributed by atoms with Crippen molar-refractivity contribution in [2.75, 3.05) is 18.6 Å². The van der Waals surface area contributed by atoms with Gasteiger partial charge in [-0.3, -0.25) is 4.79 Å². The van der Waals surface area contributed by atoms with Gasteiger partial charge in [-0.1, -0.05) is 6.42 Å². The van der Waals surface area contributed by atoms with E-state index in [0.29, 0.717) is 6.54 Å². The lowest BCUT2D eigenvalue weighted by Crippen LogP contribution is -2.44. The van der Waals surface area contributed by atoms with Crippen molar-refractivity contribution in [3.8, 4) is 0 Å². The van der Waals surface area contributed by atoms with Gasteiger partial charge >= 0.3 is 0 Å². The van der Waals surface area contributed by atoms with Gasteiger partial charge in [-0.05, 0) is 25.7 Å². The molecule has 1 heterocycles. The lowest BCUT2D eigenvalue weighted by atomic mass is 9.94. The van der Waals surface area contributed by atoms with Crippen LogP contribution in [0.1, 0.15) is 32.1 Å². The van der Waals surface area contributed by atoms with Crippen molar-refractivity contribution in [3.63, 3.8) is 0 Å². The predicted molar refractivity (Wildman–Crippen MR) is 67.8 cm³/mol. The summed E-state index contributed by atoms with van der Waals surface area (Å²) in [6, 6.07) is 0.0387. The minimum Gasteiger partial charge on any atom is -0.393 e. The summed E-state index contributed by atoms with van der Waals surface area (Å²) in [7, 11) is -3.27. The number of amides is 1. The van der Waals surface area contributed by atoms with Crippen molar-refractivity contribution in [3.05, 3.63) is 0 Å². The zero-order valence-electron chi connectivity index (χ0n) is 10.7. The first kappa shape index (κ1) is 13.8. The van der Waals surface area contributed by atoms with Gasteiger partial charge in [-0.15, -0.1) is 0 Å². The van der Waals surface area contributed by atoms with Crippen molar-refractivity contribution in [1.82, 2.24) is 4.90 Å². The van der Waals surface area contributed by atoms with Gasteiger partial charge in [0.05, 0.1) is 6.10 Å². The number of aliphatic hydroxyl groups excluding tert-OH is 1. The zero-order valence-corrected chi connectivity index (χ0v) is 11.5. The molecule has 1 aliphatic carbocycles. The smallest absolute Gasteiger partial charge is 0.238 e. The minimum atomic E-state index is -3.27. The van der Waals surface area contributed by atoms with Gasteiger partial charge in [-0.2, -0.15) is 0 Å². The number of nitrogens with zero attached hydrogens (tertiary/aromatic N) is 1. The van der Waals surface area contributed by atoms with Gasteiger partial charge in [0.15, 0.2) is 9.84 Å². The van der Waals surface area contributed by atoms with Crippen LogP contribution in [-0.2, 0) is 14.6 Å². The fourth-order valence-corrected chi connectivity index (χ4v) is 3.89. The molecular weight excluding hydrogens is 254 g/mol. The molecule has 0 bridgehead atoms. The van der Waals surface area contributed by atoms with Crippen LogP contribution in [0.5, 0.6) is 0 Å². The minimum absolute atomic E-state index is 0.0387. The van der Waals surface area contributed by atoms with Crippen molar-refractivity contribution in [2.24, 2.45) is 5.92 Å².